The molecule has 0 N–H and O–H groups in total. The summed E-state index contributed by atoms with van der Waals surface area (Å²) in [6, 6.07) is 5.84. The molecular formula is C15H17ClNO2Y-. The Bertz CT molecular complexity index is 531. The number of carbonyl (C=O) groups excluding carboxylic acids is 1. The Kier molecular flexibility index (Phi) is 6.70. The summed E-state index contributed by atoms with van der Waals surface area (Å²) in [6.45, 7) is 4.59. The monoisotopic (exact) mass is 367 g/mol. The van der Waals surface area contributed by atoms with E-state index in [1.807, 2.05) is 32.0 Å². The molecule has 105 valence electrons. The number of allylic oxidation sites excluding steroid dienone is 1. The largest absolute Gasteiger partial charge is 0.494 e. The summed E-state index contributed by atoms with van der Waals surface area (Å²) < 4.78 is 5.46. The van der Waals surface area contributed by atoms with Gasteiger partial charge in [-0.05, 0) is 19.1 Å². The van der Waals surface area contributed by atoms with Gasteiger partial charge in [0.25, 0.3) is 0 Å². The molecule has 0 fully saturated rings. The molecule has 5 heteroatoms. The van der Waals surface area contributed by atoms with Gasteiger partial charge in [0.05, 0.1) is 6.61 Å². The first-order valence-electron chi connectivity index (χ1n) is 6.31. The maximum absolute atomic E-state index is 11.9. The molecule has 2 rings (SSSR count). The molecule has 0 saturated heterocycles. The molecule has 1 aromatic carbocycles. The predicted molar refractivity (Wildman–Crippen MR) is 76.0 cm³/mol. The van der Waals surface area contributed by atoms with Gasteiger partial charge in [0.1, 0.15) is 11.1 Å². The van der Waals surface area contributed by atoms with E-state index in [0.29, 0.717) is 13.0 Å². The van der Waals surface area contributed by atoms with Crippen LogP contribution in [0.2, 0.25) is 0 Å². The van der Waals surface area contributed by atoms with Crippen LogP contribution in [0.1, 0.15) is 24.5 Å². The van der Waals surface area contributed by atoms with Gasteiger partial charge in [-0.1, -0.05) is 13.3 Å². The Labute approximate surface area is 150 Å². The van der Waals surface area contributed by atoms with E-state index in [2.05, 4.69) is 6.08 Å². The van der Waals surface area contributed by atoms with Crippen molar-refractivity contribution in [2.45, 2.75) is 25.6 Å². The second kappa shape index (κ2) is 7.58. The van der Waals surface area contributed by atoms with Crippen LogP contribution >= 0.6 is 11.6 Å². The molecule has 0 bridgehead atoms. The van der Waals surface area contributed by atoms with Crippen molar-refractivity contribution < 1.29 is 42.2 Å². The van der Waals surface area contributed by atoms with Crippen molar-refractivity contribution in [2.75, 3.05) is 13.7 Å². The minimum atomic E-state index is -0.503. The van der Waals surface area contributed by atoms with Crippen LogP contribution in [0, 0.1) is 13.0 Å². The summed E-state index contributed by atoms with van der Waals surface area (Å²) in [7, 11) is 1.73. The molecule has 3 nitrogen and oxygen atoms in total. The van der Waals surface area contributed by atoms with Crippen LogP contribution in [0.25, 0.3) is 5.70 Å². The molecule has 1 aliphatic rings. The molecule has 1 amide bonds. The third-order valence-electron chi connectivity index (χ3n) is 3.15. The third kappa shape index (κ3) is 3.63. The topological polar surface area (TPSA) is 29.5 Å². The van der Waals surface area contributed by atoms with Gasteiger partial charge in [-0.15, -0.1) is 34.5 Å². The van der Waals surface area contributed by atoms with Crippen LogP contribution in [0.3, 0.4) is 0 Å². The van der Waals surface area contributed by atoms with Crippen LogP contribution in [0.5, 0.6) is 5.75 Å². The zero-order valence-corrected chi connectivity index (χ0v) is 15.5. The minimum Gasteiger partial charge on any atom is -0.494 e. The summed E-state index contributed by atoms with van der Waals surface area (Å²) in [6.07, 6.45) is 3.66. The average Bonchev–Trinajstić information content (AvgIpc) is 2.38. The van der Waals surface area contributed by atoms with Crippen molar-refractivity contribution in [3.8, 4) is 5.75 Å². The van der Waals surface area contributed by atoms with Gasteiger partial charge in [0.2, 0.25) is 5.91 Å². The Hall–Kier alpha value is -0.376. The number of alkyl halides is 1. The van der Waals surface area contributed by atoms with Gasteiger partial charge in [-0.25, -0.2) is 6.08 Å². The van der Waals surface area contributed by atoms with E-state index in [4.69, 9.17) is 16.3 Å². The number of benzene rings is 1. The second-order valence-corrected chi connectivity index (χ2v) is 5.03. The number of carbonyl (C=O) groups is 1. The average molecular weight is 368 g/mol. The maximum atomic E-state index is 11.9. The number of hydrogen-bond acceptors (Lipinski definition) is 2. The van der Waals surface area contributed by atoms with Crippen LogP contribution in [-0.2, 0) is 37.5 Å². The van der Waals surface area contributed by atoms with Crippen molar-refractivity contribution >= 4 is 23.2 Å². The molecule has 1 atom stereocenters. The quantitative estimate of drug-likeness (QED) is 0.607. The summed E-state index contributed by atoms with van der Waals surface area (Å²) in [5.74, 6) is 0.757. The van der Waals surface area contributed by atoms with E-state index in [1.165, 1.54) is 0 Å². The van der Waals surface area contributed by atoms with E-state index in [-0.39, 0.29) is 38.6 Å². The van der Waals surface area contributed by atoms with Crippen molar-refractivity contribution in [3.63, 3.8) is 0 Å². The molecule has 0 aromatic heterocycles. The molecule has 0 saturated carbocycles. The van der Waals surface area contributed by atoms with E-state index in [1.54, 1.807) is 11.9 Å². The zero-order chi connectivity index (χ0) is 14.0. The van der Waals surface area contributed by atoms with Crippen LogP contribution in [0.15, 0.2) is 18.2 Å². The van der Waals surface area contributed by atoms with Gasteiger partial charge < -0.3 is 9.64 Å². The van der Waals surface area contributed by atoms with E-state index >= 15 is 0 Å². The van der Waals surface area contributed by atoms with Gasteiger partial charge >= 0.3 is 0 Å². The molecular weight excluding hydrogens is 351 g/mol. The predicted octanol–water partition coefficient (Wildman–Crippen LogP) is 3.00. The number of amides is 1. The zero-order valence-electron chi connectivity index (χ0n) is 11.9. The number of nitrogens with zero attached hydrogens (tertiary/aromatic N) is 1. The second-order valence-electron chi connectivity index (χ2n) is 4.50. The van der Waals surface area contributed by atoms with E-state index in [9.17, 15) is 4.79 Å². The fourth-order valence-corrected chi connectivity index (χ4v) is 2.37. The normalized spacial score (nSPS) is 18.4. The standard InChI is InChI=1S/C15H17ClNO2.Y/c1-4-19-11-5-6-12(10(2)9-11)14-8-7-13(16)15(18)17(14)3;/h5-6,9,13H,4,7H2,1-3H3;/q-1;. The fraction of sp³-hybridized carbons (Fsp3) is 0.400. The number of rotatable bonds is 3. The number of halogens is 1. The summed E-state index contributed by atoms with van der Waals surface area (Å²) >= 11 is 5.93. The summed E-state index contributed by atoms with van der Waals surface area (Å²) in [4.78, 5) is 13.5. The first kappa shape index (κ1) is 17.7. The Morgan fingerprint density at radius 1 is 1.50 bits per heavy atom. The molecule has 1 aliphatic heterocycles. The number of aryl methyl sites for hydroxylation is 1. The van der Waals surface area contributed by atoms with Crippen molar-refractivity contribution in [2.24, 2.45) is 0 Å². The van der Waals surface area contributed by atoms with E-state index < -0.39 is 5.38 Å². The molecule has 1 heterocycles. The Morgan fingerprint density at radius 3 is 2.80 bits per heavy atom. The molecule has 20 heavy (non-hydrogen) atoms. The third-order valence-corrected chi connectivity index (χ3v) is 3.49. The molecule has 1 aromatic rings. The smallest absolute Gasteiger partial charge is 0.240 e. The van der Waals surface area contributed by atoms with Crippen LogP contribution < -0.4 is 4.74 Å². The Morgan fingerprint density at radius 2 is 2.20 bits per heavy atom. The van der Waals surface area contributed by atoms with E-state index in [0.717, 1.165) is 22.6 Å². The van der Waals surface area contributed by atoms with Crippen molar-refractivity contribution in [1.29, 1.82) is 0 Å². The summed E-state index contributed by atoms with van der Waals surface area (Å²) in [5.41, 5.74) is 2.84. The molecule has 0 spiro atoms. The number of ether oxygens (including phenoxy) is 1. The first-order chi connectivity index (χ1) is 9.04. The first-order valence-corrected chi connectivity index (χ1v) is 6.74. The minimum absolute atomic E-state index is 0. The van der Waals surface area contributed by atoms with Gasteiger partial charge in [-0.3, -0.25) is 4.79 Å². The molecule has 0 aliphatic carbocycles. The van der Waals surface area contributed by atoms with Crippen molar-refractivity contribution in [1.82, 2.24) is 4.90 Å². The van der Waals surface area contributed by atoms with Crippen molar-refractivity contribution in [3.05, 3.63) is 35.4 Å². The van der Waals surface area contributed by atoms with Crippen LogP contribution in [0.4, 0.5) is 0 Å². The fourth-order valence-electron chi connectivity index (χ4n) is 2.15. The van der Waals surface area contributed by atoms with Crippen LogP contribution in [-0.4, -0.2) is 29.8 Å². The summed E-state index contributed by atoms with van der Waals surface area (Å²) in [5, 5.41) is -0.503. The number of hydrogen-bond donors (Lipinski definition) is 0. The van der Waals surface area contributed by atoms with Gasteiger partial charge in [0.15, 0.2) is 0 Å². The molecule has 1 radical (unpaired) electrons. The van der Waals surface area contributed by atoms with Gasteiger partial charge in [-0.2, -0.15) is 0 Å². The Balaban J connectivity index is 0.00000200. The maximum Gasteiger partial charge on any atom is 0.240 e. The SMILES string of the molecule is CCOc1ccc(C2=[C-]CC(Cl)C(=O)N2C)c(C)c1.[Y]. The molecule has 1 unspecified atom stereocenters. The van der Waals surface area contributed by atoms with Gasteiger partial charge in [0, 0.05) is 39.8 Å².